The molecule has 0 radical (unpaired) electrons. The van der Waals surface area contributed by atoms with Crippen molar-refractivity contribution in [1.29, 1.82) is 0 Å². The summed E-state index contributed by atoms with van der Waals surface area (Å²) in [6, 6.07) is 0. The normalized spacial score (nSPS) is 34.6. The van der Waals surface area contributed by atoms with Crippen LogP contribution in [0.5, 0.6) is 0 Å². The summed E-state index contributed by atoms with van der Waals surface area (Å²) in [4.78, 5) is 12.0. The summed E-state index contributed by atoms with van der Waals surface area (Å²) in [5, 5.41) is 21.4. The summed E-state index contributed by atoms with van der Waals surface area (Å²) in [7, 11) is 1.61. The number of aliphatic hydroxyl groups is 2. The molecule has 0 unspecified atom stereocenters. The van der Waals surface area contributed by atoms with Gasteiger partial charge in [0.1, 0.15) is 5.76 Å². The van der Waals surface area contributed by atoms with Gasteiger partial charge >= 0.3 is 5.97 Å². The van der Waals surface area contributed by atoms with Crippen molar-refractivity contribution >= 4 is 5.97 Å². The molecule has 0 aromatic carbocycles. The molecular formula is C21H32O5. The van der Waals surface area contributed by atoms with Crippen molar-refractivity contribution in [1.82, 2.24) is 0 Å². The SMILES string of the molecule is CO[C@]1(C)CCC=C(C)CCC2=C(C)C(=O)OC2=C[C@](C)(O)CC[C@H]1O. The molecule has 0 fully saturated rings. The molecule has 2 aliphatic rings. The highest BCUT2D eigenvalue weighted by atomic mass is 16.5. The van der Waals surface area contributed by atoms with Gasteiger partial charge in [0.25, 0.3) is 0 Å². The fourth-order valence-corrected chi connectivity index (χ4v) is 3.50. The highest BCUT2D eigenvalue weighted by Gasteiger charge is 2.35. The minimum Gasteiger partial charge on any atom is -0.423 e. The molecule has 0 bridgehead atoms. The summed E-state index contributed by atoms with van der Waals surface area (Å²) >= 11 is 0. The topological polar surface area (TPSA) is 76.0 Å². The van der Waals surface area contributed by atoms with E-state index in [1.165, 1.54) is 5.57 Å². The lowest BCUT2D eigenvalue weighted by molar-refractivity contribution is -0.133. The number of hydrogen-bond acceptors (Lipinski definition) is 5. The van der Waals surface area contributed by atoms with E-state index in [0.29, 0.717) is 37.0 Å². The van der Waals surface area contributed by atoms with E-state index in [1.807, 2.05) is 6.92 Å². The van der Waals surface area contributed by atoms with Gasteiger partial charge in [0.05, 0.1) is 17.3 Å². The first-order valence-corrected chi connectivity index (χ1v) is 9.34. The second-order valence-electron chi connectivity index (χ2n) is 8.02. The minimum absolute atomic E-state index is 0.343. The third kappa shape index (κ3) is 4.84. The quantitative estimate of drug-likeness (QED) is 0.550. The summed E-state index contributed by atoms with van der Waals surface area (Å²) in [5.74, 6) is 0.103. The Hall–Kier alpha value is -1.43. The van der Waals surface area contributed by atoms with Crippen molar-refractivity contribution in [3.8, 4) is 0 Å². The smallest absolute Gasteiger partial charge is 0.339 e. The van der Waals surface area contributed by atoms with Gasteiger partial charge in [-0.3, -0.25) is 0 Å². The van der Waals surface area contributed by atoms with E-state index >= 15 is 0 Å². The third-order valence-electron chi connectivity index (χ3n) is 5.70. The number of fused-ring (bicyclic) bond motifs is 1. The summed E-state index contributed by atoms with van der Waals surface area (Å²) in [5.41, 5.74) is 0.851. The highest BCUT2D eigenvalue weighted by Crippen LogP contribution is 2.34. The molecule has 0 amide bonds. The molecular weight excluding hydrogens is 332 g/mol. The van der Waals surface area contributed by atoms with E-state index in [0.717, 1.165) is 18.4 Å². The Kier molecular flexibility index (Phi) is 6.48. The molecule has 1 heterocycles. The van der Waals surface area contributed by atoms with Gasteiger partial charge < -0.3 is 19.7 Å². The fourth-order valence-electron chi connectivity index (χ4n) is 3.50. The average Bonchev–Trinajstić information content (AvgIpc) is 2.83. The molecule has 0 saturated carbocycles. The second-order valence-corrected chi connectivity index (χ2v) is 8.02. The first kappa shape index (κ1) is 20.9. The van der Waals surface area contributed by atoms with Crippen molar-refractivity contribution in [2.45, 2.75) is 83.5 Å². The van der Waals surface area contributed by atoms with Gasteiger partial charge in [-0.1, -0.05) is 11.6 Å². The molecule has 2 rings (SSSR count). The molecule has 2 N–H and O–H groups in total. The Morgan fingerprint density at radius 2 is 1.92 bits per heavy atom. The lowest BCUT2D eigenvalue weighted by atomic mass is 9.85. The molecule has 3 atom stereocenters. The van der Waals surface area contributed by atoms with E-state index in [4.69, 9.17) is 9.47 Å². The predicted octanol–water partition coefficient (Wildman–Crippen LogP) is 3.56. The standard InChI is InChI=1S/C21H32O5/c1-14-7-6-11-21(4,25-5)18(22)10-12-20(3,24)13-17-16(9-8-14)15(2)19(23)26-17/h7,13,18,22,24H,6,8-12H2,1-5H3/t18-,20-,21-/m1/s1. The number of hydrogen-bond donors (Lipinski definition) is 2. The number of aliphatic hydroxyl groups excluding tert-OH is 1. The lowest BCUT2D eigenvalue weighted by Crippen LogP contribution is -2.42. The molecule has 5 nitrogen and oxygen atoms in total. The van der Waals surface area contributed by atoms with E-state index in [-0.39, 0.29) is 5.97 Å². The van der Waals surface area contributed by atoms with Crippen LogP contribution in [-0.4, -0.2) is 40.6 Å². The Bertz CT molecular complexity index is 641. The molecule has 0 aromatic rings. The number of ether oxygens (including phenoxy) is 2. The van der Waals surface area contributed by atoms with Crippen molar-refractivity contribution in [3.63, 3.8) is 0 Å². The highest BCUT2D eigenvalue weighted by molar-refractivity contribution is 5.93. The van der Waals surface area contributed by atoms with E-state index in [9.17, 15) is 15.0 Å². The number of rotatable bonds is 1. The van der Waals surface area contributed by atoms with Gasteiger partial charge in [0.2, 0.25) is 0 Å². The zero-order valence-corrected chi connectivity index (χ0v) is 16.6. The largest absolute Gasteiger partial charge is 0.423 e. The molecule has 1 aliphatic heterocycles. The first-order valence-electron chi connectivity index (χ1n) is 9.34. The summed E-state index contributed by atoms with van der Waals surface area (Å²) in [6.45, 7) is 7.42. The number of esters is 1. The zero-order valence-electron chi connectivity index (χ0n) is 16.6. The summed E-state index contributed by atoms with van der Waals surface area (Å²) < 4.78 is 11.0. The van der Waals surface area contributed by atoms with Crippen LogP contribution >= 0.6 is 0 Å². The van der Waals surface area contributed by atoms with Crippen molar-refractivity contribution in [2.24, 2.45) is 0 Å². The third-order valence-corrected chi connectivity index (χ3v) is 5.70. The van der Waals surface area contributed by atoms with E-state index in [2.05, 4.69) is 13.0 Å². The maximum atomic E-state index is 12.0. The Balaban J connectivity index is 2.35. The van der Waals surface area contributed by atoms with Gasteiger partial charge in [-0.25, -0.2) is 4.79 Å². The van der Waals surface area contributed by atoms with Crippen LogP contribution in [0.1, 0.15) is 66.2 Å². The minimum atomic E-state index is -1.18. The van der Waals surface area contributed by atoms with Crippen LogP contribution in [0.3, 0.4) is 0 Å². The maximum absolute atomic E-state index is 12.0. The van der Waals surface area contributed by atoms with Crippen LogP contribution in [0, 0.1) is 0 Å². The van der Waals surface area contributed by atoms with Crippen molar-refractivity contribution < 1.29 is 24.5 Å². The van der Waals surface area contributed by atoms with Gasteiger partial charge in [0, 0.05) is 18.3 Å². The van der Waals surface area contributed by atoms with E-state index in [1.54, 1.807) is 27.0 Å². The Morgan fingerprint density at radius 3 is 2.58 bits per heavy atom. The Labute approximate surface area is 156 Å². The Morgan fingerprint density at radius 1 is 1.23 bits per heavy atom. The fraction of sp³-hybridized carbons (Fsp3) is 0.667. The maximum Gasteiger partial charge on any atom is 0.339 e. The van der Waals surface area contributed by atoms with Crippen LogP contribution in [0.2, 0.25) is 0 Å². The molecule has 0 aromatic heterocycles. The van der Waals surface area contributed by atoms with Crippen molar-refractivity contribution in [2.75, 3.05) is 7.11 Å². The zero-order chi connectivity index (χ0) is 19.5. The van der Waals surface area contributed by atoms with Crippen LogP contribution in [0.25, 0.3) is 0 Å². The predicted molar refractivity (Wildman–Crippen MR) is 100 cm³/mol. The van der Waals surface area contributed by atoms with Crippen molar-refractivity contribution in [3.05, 3.63) is 34.6 Å². The van der Waals surface area contributed by atoms with Gasteiger partial charge in [-0.05, 0) is 72.3 Å². The average molecular weight is 364 g/mol. The molecule has 0 spiro atoms. The molecule has 26 heavy (non-hydrogen) atoms. The van der Waals surface area contributed by atoms with Gasteiger partial charge in [-0.2, -0.15) is 0 Å². The molecule has 146 valence electrons. The van der Waals surface area contributed by atoms with Crippen LogP contribution in [0.4, 0.5) is 0 Å². The number of methoxy groups -OCH3 is 1. The van der Waals surface area contributed by atoms with Crippen LogP contribution < -0.4 is 0 Å². The number of carbonyl (C=O) groups is 1. The molecule has 1 aliphatic carbocycles. The van der Waals surface area contributed by atoms with Gasteiger partial charge in [-0.15, -0.1) is 0 Å². The summed E-state index contributed by atoms with van der Waals surface area (Å²) in [6.07, 6.45) is 6.83. The van der Waals surface area contributed by atoms with E-state index < -0.39 is 17.3 Å². The number of allylic oxidation sites excluding steroid dienone is 3. The second kappa shape index (κ2) is 8.07. The lowest BCUT2D eigenvalue weighted by Gasteiger charge is -2.34. The van der Waals surface area contributed by atoms with Crippen LogP contribution in [0.15, 0.2) is 34.6 Å². The van der Waals surface area contributed by atoms with Gasteiger partial charge in [0.15, 0.2) is 0 Å². The number of carbonyl (C=O) groups excluding carboxylic acids is 1. The first-order chi connectivity index (χ1) is 12.1. The molecule has 5 heteroatoms. The monoisotopic (exact) mass is 364 g/mol. The molecule has 0 saturated heterocycles. The van der Waals surface area contributed by atoms with Crippen LogP contribution in [-0.2, 0) is 14.3 Å².